The number of anilines is 1. The standard InChI is InChI=1S/C15H15F2N3O4S2/c16-10-1-2-12(11(17)6-10)18-13(21)7-25-15-20-19-14(24-15)5-9-3-4-26(22,23)8-9/h1-2,6,9H,3-5,7-8H2,(H,18,21)/t9-/m1/s1. The number of nitrogens with one attached hydrogen (secondary N) is 1. The molecule has 1 N–H and O–H groups in total. The van der Waals surface area contributed by atoms with Crippen molar-refractivity contribution in [3.8, 4) is 0 Å². The van der Waals surface area contributed by atoms with Crippen molar-refractivity contribution < 1.29 is 26.4 Å². The summed E-state index contributed by atoms with van der Waals surface area (Å²) < 4.78 is 54.6. The molecule has 0 radical (unpaired) electrons. The molecule has 1 aliphatic heterocycles. The third kappa shape index (κ3) is 5.01. The van der Waals surface area contributed by atoms with E-state index in [1.54, 1.807) is 0 Å². The van der Waals surface area contributed by atoms with Crippen molar-refractivity contribution in [2.45, 2.75) is 18.1 Å². The number of thioether (sulfide) groups is 1. The summed E-state index contributed by atoms with van der Waals surface area (Å²) in [6, 6.07) is 2.85. The highest BCUT2D eigenvalue weighted by atomic mass is 32.2. The average Bonchev–Trinajstić information content (AvgIpc) is 3.14. The van der Waals surface area contributed by atoms with E-state index in [9.17, 15) is 22.0 Å². The molecule has 2 aromatic rings. The van der Waals surface area contributed by atoms with Crippen LogP contribution in [0.5, 0.6) is 0 Å². The van der Waals surface area contributed by atoms with Crippen LogP contribution >= 0.6 is 11.8 Å². The summed E-state index contributed by atoms with van der Waals surface area (Å²) in [5.41, 5.74) is -0.120. The largest absolute Gasteiger partial charge is 0.416 e. The zero-order valence-electron chi connectivity index (χ0n) is 13.4. The molecule has 0 unspecified atom stereocenters. The van der Waals surface area contributed by atoms with Crippen molar-refractivity contribution in [3.05, 3.63) is 35.7 Å². The second-order valence-electron chi connectivity index (χ2n) is 5.90. The molecule has 0 spiro atoms. The number of hydrogen-bond donors (Lipinski definition) is 1. The Labute approximate surface area is 152 Å². The Morgan fingerprint density at radius 2 is 2.15 bits per heavy atom. The lowest BCUT2D eigenvalue weighted by Crippen LogP contribution is -2.15. The first-order valence-corrected chi connectivity index (χ1v) is 10.5. The van der Waals surface area contributed by atoms with Gasteiger partial charge in [0.15, 0.2) is 9.84 Å². The number of halogens is 2. The van der Waals surface area contributed by atoms with E-state index in [0.29, 0.717) is 24.8 Å². The quantitative estimate of drug-likeness (QED) is 0.737. The number of sulfone groups is 1. The molecule has 1 fully saturated rings. The summed E-state index contributed by atoms with van der Waals surface area (Å²) in [5, 5.41) is 10.1. The molecule has 0 saturated carbocycles. The molecule has 1 saturated heterocycles. The van der Waals surface area contributed by atoms with E-state index in [2.05, 4.69) is 15.5 Å². The van der Waals surface area contributed by atoms with Crippen molar-refractivity contribution in [2.75, 3.05) is 22.6 Å². The second kappa shape index (κ2) is 7.70. The first kappa shape index (κ1) is 18.8. The van der Waals surface area contributed by atoms with Crippen molar-refractivity contribution in [1.82, 2.24) is 10.2 Å². The topological polar surface area (TPSA) is 102 Å². The van der Waals surface area contributed by atoms with Crippen LogP contribution in [0, 0.1) is 17.6 Å². The van der Waals surface area contributed by atoms with Gasteiger partial charge in [-0.3, -0.25) is 4.79 Å². The molecule has 3 rings (SSSR count). The predicted molar refractivity (Wildman–Crippen MR) is 90.5 cm³/mol. The fourth-order valence-electron chi connectivity index (χ4n) is 2.56. The molecule has 26 heavy (non-hydrogen) atoms. The minimum Gasteiger partial charge on any atom is -0.416 e. The van der Waals surface area contributed by atoms with E-state index in [4.69, 9.17) is 4.42 Å². The molecule has 1 atom stereocenters. The van der Waals surface area contributed by atoms with Crippen LogP contribution in [0.2, 0.25) is 0 Å². The van der Waals surface area contributed by atoms with Gasteiger partial charge in [-0.1, -0.05) is 11.8 Å². The summed E-state index contributed by atoms with van der Waals surface area (Å²) >= 11 is 0.968. The average molecular weight is 403 g/mol. The van der Waals surface area contributed by atoms with Crippen LogP contribution < -0.4 is 5.32 Å². The van der Waals surface area contributed by atoms with Crippen LogP contribution in [0.1, 0.15) is 12.3 Å². The van der Waals surface area contributed by atoms with Gasteiger partial charge in [-0.05, 0) is 24.5 Å². The van der Waals surface area contributed by atoms with E-state index in [1.807, 2.05) is 0 Å². The van der Waals surface area contributed by atoms with Gasteiger partial charge in [0.2, 0.25) is 11.8 Å². The number of rotatable bonds is 6. The lowest BCUT2D eigenvalue weighted by molar-refractivity contribution is -0.113. The highest BCUT2D eigenvalue weighted by Gasteiger charge is 2.29. The van der Waals surface area contributed by atoms with Crippen molar-refractivity contribution in [3.63, 3.8) is 0 Å². The van der Waals surface area contributed by atoms with E-state index >= 15 is 0 Å². The molecular formula is C15H15F2N3O4S2. The van der Waals surface area contributed by atoms with Crippen LogP contribution in [0.4, 0.5) is 14.5 Å². The predicted octanol–water partition coefficient (Wildman–Crippen LogP) is 2.06. The smallest absolute Gasteiger partial charge is 0.277 e. The van der Waals surface area contributed by atoms with E-state index < -0.39 is 27.4 Å². The van der Waals surface area contributed by atoms with Crippen LogP contribution in [0.15, 0.2) is 27.8 Å². The summed E-state index contributed by atoms with van der Waals surface area (Å²) in [6.45, 7) is 0. The van der Waals surface area contributed by atoms with Gasteiger partial charge < -0.3 is 9.73 Å². The zero-order valence-corrected chi connectivity index (χ0v) is 15.1. The van der Waals surface area contributed by atoms with Gasteiger partial charge in [0.1, 0.15) is 11.6 Å². The lowest BCUT2D eigenvalue weighted by Gasteiger charge is -2.05. The van der Waals surface area contributed by atoms with Crippen LogP contribution in [-0.4, -0.2) is 41.8 Å². The maximum atomic E-state index is 13.5. The van der Waals surface area contributed by atoms with E-state index in [1.165, 1.54) is 0 Å². The molecule has 1 amide bonds. The Kier molecular flexibility index (Phi) is 5.56. The summed E-state index contributed by atoms with van der Waals surface area (Å²) in [7, 11) is -2.97. The molecule has 11 heteroatoms. The number of nitrogens with zero attached hydrogens (tertiary/aromatic N) is 2. The van der Waals surface area contributed by atoms with Gasteiger partial charge >= 0.3 is 0 Å². The molecule has 1 aromatic carbocycles. The third-order valence-corrected chi connectivity index (χ3v) is 6.43. The van der Waals surface area contributed by atoms with Crippen molar-refractivity contribution in [2.24, 2.45) is 5.92 Å². The monoisotopic (exact) mass is 403 g/mol. The van der Waals surface area contributed by atoms with E-state index in [0.717, 1.165) is 23.9 Å². The van der Waals surface area contributed by atoms with E-state index in [-0.39, 0.29) is 34.1 Å². The highest BCUT2D eigenvalue weighted by Crippen LogP contribution is 2.24. The number of amides is 1. The van der Waals surface area contributed by atoms with Crippen LogP contribution in [-0.2, 0) is 21.1 Å². The maximum absolute atomic E-state index is 13.5. The Hall–Kier alpha value is -2.01. The van der Waals surface area contributed by atoms with Crippen LogP contribution in [0.25, 0.3) is 0 Å². The van der Waals surface area contributed by atoms with Gasteiger partial charge in [-0.15, -0.1) is 10.2 Å². The number of aromatic nitrogens is 2. The Morgan fingerprint density at radius 3 is 2.85 bits per heavy atom. The SMILES string of the molecule is O=C(CSc1nnc(C[C@H]2CCS(=O)(=O)C2)o1)Nc1ccc(F)cc1F. The Morgan fingerprint density at radius 1 is 1.35 bits per heavy atom. The number of carbonyl (C=O) groups excluding carboxylic acids is 1. The number of hydrogen-bond acceptors (Lipinski definition) is 7. The van der Waals surface area contributed by atoms with Crippen molar-refractivity contribution >= 4 is 33.2 Å². The molecule has 2 heterocycles. The highest BCUT2D eigenvalue weighted by molar-refractivity contribution is 7.99. The summed E-state index contributed by atoms with van der Waals surface area (Å²) in [4.78, 5) is 11.8. The first-order chi connectivity index (χ1) is 12.3. The first-order valence-electron chi connectivity index (χ1n) is 7.71. The number of benzene rings is 1. The van der Waals surface area contributed by atoms with Gasteiger partial charge in [-0.2, -0.15) is 0 Å². The van der Waals surface area contributed by atoms with Gasteiger partial charge in [0, 0.05) is 12.5 Å². The molecule has 0 bridgehead atoms. The van der Waals surface area contributed by atoms with Gasteiger partial charge in [0.25, 0.3) is 5.22 Å². The molecule has 0 aliphatic carbocycles. The Balaban J connectivity index is 1.49. The zero-order chi connectivity index (χ0) is 18.7. The molecule has 1 aromatic heterocycles. The van der Waals surface area contributed by atoms with Crippen molar-refractivity contribution in [1.29, 1.82) is 0 Å². The van der Waals surface area contributed by atoms with Gasteiger partial charge in [-0.25, -0.2) is 17.2 Å². The summed E-state index contributed by atoms with van der Waals surface area (Å²) in [5.74, 6) is -1.64. The molecule has 1 aliphatic rings. The normalized spacial score (nSPS) is 18.8. The molecule has 7 nitrogen and oxygen atoms in total. The fraction of sp³-hybridized carbons (Fsp3) is 0.400. The van der Waals surface area contributed by atoms with Gasteiger partial charge in [0.05, 0.1) is 22.9 Å². The summed E-state index contributed by atoms with van der Waals surface area (Å²) in [6.07, 6.45) is 0.943. The lowest BCUT2D eigenvalue weighted by atomic mass is 10.1. The minimum absolute atomic E-state index is 0.0388. The minimum atomic E-state index is -2.97. The molecule has 140 valence electrons. The fourth-order valence-corrected chi connectivity index (χ4v) is 5.01. The van der Waals surface area contributed by atoms with Crippen LogP contribution in [0.3, 0.4) is 0 Å². The third-order valence-electron chi connectivity index (χ3n) is 3.77. The maximum Gasteiger partial charge on any atom is 0.277 e. The molecular weight excluding hydrogens is 388 g/mol. The second-order valence-corrected chi connectivity index (χ2v) is 9.05. The number of carbonyl (C=O) groups is 1. The Bertz CT molecular complexity index is 917.